The fraction of sp³-hybridized carbons (Fsp3) is 0.392. The van der Waals surface area contributed by atoms with Gasteiger partial charge in [0.05, 0.1) is 33.7 Å². The second-order valence-electron chi connectivity index (χ2n) is 18.8. The van der Waals surface area contributed by atoms with E-state index in [1.54, 1.807) is 20.4 Å². The first-order chi connectivity index (χ1) is 33.0. The molecule has 0 radical (unpaired) electrons. The molecule has 69 heavy (non-hydrogen) atoms. The maximum atomic E-state index is 12.6. The molecule has 0 spiro atoms. The zero-order valence-electron chi connectivity index (χ0n) is 40.8. The average Bonchev–Trinajstić information content (AvgIpc) is 4.25. The summed E-state index contributed by atoms with van der Waals surface area (Å²) in [6, 6.07) is 23.7. The van der Waals surface area contributed by atoms with Crippen LogP contribution in [-0.2, 0) is 23.5 Å². The van der Waals surface area contributed by atoms with Crippen LogP contribution in [0.1, 0.15) is 103 Å². The predicted octanol–water partition coefficient (Wildman–Crippen LogP) is 11.3. The second kappa shape index (κ2) is 22.8. The number of hydrogen-bond acceptors (Lipinski definition) is 14. The summed E-state index contributed by atoms with van der Waals surface area (Å²) in [5, 5.41) is 18.5. The number of aromatic amines is 1. The van der Waals surface area contributed by atoms with Crippen LogP contribution in [0, 0.1) is 3.57 Å². The van der Waals surface area contributed by atoms with Crippen LogP contribution < -0.4 is 10.6 Å². The van der Waals surface area contributed by atoms with Crippen LogP contribution in [0.5, 0.6) is 0 Å². The number of carbonyl (C=O) groups is 1. The molecule has 16 nitrogen and oxygen atoms in total. The topological polar surface area (TPSA) is 185 Å². The van der Waals surface area contributed by atoms with Gasteiger partial charge in [0.15, 0.2) is 23.3 Å². The van der Waals surface area contributed by atoms with Gasteiger partial charge in [0.1, 0.15) is 17.2 Å². The minimum absolute atomic E-state index is 0.254. The van der Waals surface area contributed by atoms with Crippen molar-refractivity contribution in [3.05, 3.63) is 124 Å². The van der Waals surface area contributed by atoms with E-state index >= 15 is 0 Å². The Kier molecular flexibility index (Phi) is 16.8. The summed E-state index contributed by atoms with van der Waals surface area (Å²) in [6.07, 6.45) is 13.5. The third kappa shape index (κ3) is 14.4. The molecule has 9 rings (SSSR count). The Bertz CT molecular complexity index is 2680. The molecule has 6 aromatic rings. The van der Waals surface area contributed by atoms with Gasteiger partial charge in [-0.2, -0.15) is 9.78 Å². The molecule has 4 aromatic heterocycles. The maximum Gasteiger partial charge on any atom is 0.486 e. The van der Waals surface area contributed by atoms with Crippen molar-refractivity contribution in [1.29, 1.82) is 0 Å². The van der Waals surface area contributed by atoms with Crippen molar-refractivity contribution in [1.82, 2.24) is 39.9 Å². The molecule has 3 N–H and O–H groups in total. The number of hydrogen-bond donors (Lipinski definition) is 3. The Labute approximate surface area is 418 Å². The normalized spacial score (nSPS) is 16.2. The fourth-order valence-corrected chi connectivity index (χ4v) is 7.24. The highest BCUT2D eigenvalue weighted by Gasteiger charge is 2.50. The number of rotatable bonds is 14. The lowest BCUT2D eigenvalue weighted by Gasteiger charge is -2.32. The molecule has 0 atom stereocenters. The highest BCUT2D eigenvalue weighted by atomic mass is 127. The quantitative estimate of drug-likeness (QED) is 0.0691. The number of ether oxygens (including phenoxy) is 3. The number of halogens is 1. The van der Waals surface area contributed by atoms with Gasteiger partial charge >= 0.3 is 13.2 Å². The summed E-state index contributed by atoms with van der Waals surface area (Å²) in [5.74, 6) is 6.87. The number of carbonyl (C=O) groups excluding carboxylic acids is 1. The minimum Gasteiger partial charge on any atom is -0.442 e. The molecule has 1 aliphatic heterocycles. The zero-order chi connectivity index (χ0) is 49.2. The molecule has 362 valence electrons. The zero-order valence-corrected chi connectivity index (χ0v) is 43.0. The Morgan fingerprint density at radius 3 is 1.96 bits per heavy atom. The molecule has 5 heterocycles. The number of anilines is 4. The lowest BCUT2D eigenvalue weighted by atomic mass is 9.90. The molecular weight excluding hydrogens is 986 g/mol. The average molecular weight is 1050 g/mol. The number of nitrogens with one attached hydrogen (secondary N) is 3. The van der Waals surface area contributed by atoms with E-state index in [2.05, 4.69) is 69.5 Å². The Balaban J connectivity index is 0.000000162. The van der Waals surface area contributed by atoms with E-state index in [0.29, 0.717) is 48.3 Å². The van der Waals surface area contributed by atoms with Crippen molar-refractivity contribution in [2.24, 2.45) is 0 Å². The van der Waals surface area contributed by atoms with Crippen molar-refractivity contribution >= 4 is 65.1 Å². The maximum absolute atomic E-state index is 12.6. The van der Waals surface area contributed by atoms with Crippen LogP contribution in [0.3, 0.4) is 0 Å². The van der Waals surface area contributed by atoms with E-state index in [-0.39, 0.29) is 18.3 Å². The molecular formula is C51H62BIN10O6. The van der Waals surface area contributed by atoms with Crippen LogP contribution in [0.15, 0.2) is 103 Å². The van der Waals surface area contributed by atoms with Gasteiger partial charge in [0.25, 0.3) is 0 Å². The van der Waals surface area contributed by atoms with Crippen LogP contribution in [0.2, 0.25) is 0 Å². The molecule has 2 saturated carbocycles. The fourth-order valence-electron chi connectivity index (χ4n) is 6.85. The summed E-state index contributed by atoms with van der Waals surface area (Å²) >= 11 is 2.18. The molecule has 0 bridgehead atoms. The third-order valence-corrected chi connectivity index (χ3v) is 12.2. The van der Waals surface area contributed by atoms with Gasteiger partial charge in [-0.25, -0.2) is 24.7 Å². The van der Waals surface area contributed by atoms with Gasteiger partial charge in [0, 0.05) is 73.0 Å². The molecule has 0 amide bonds. The first-order valence-electron chi connectivity index (χ1n) is 23.1. The first-order valence-corrected chi connectivity index (χ1v) is 24.2. The largest absolute Gasteiger partial charge is 0.486 e. The predicted molar refractivity (Wildman–Crippen MR) is 279 cm³/mol. The molecule has 1 saturated heterocycles. The van der Waals surface area contributed by atoms with Crippen LogP contribution in [0.25, 0.3) is 28.9 Å². The lowest BCUT2D eigenvalue weighted by Crippen LogP contribution is -2.41. The standard InChI is InChI=1S/C21H22IN5O2.C20H21N5O.C10H19BO3/c1-21(2,3)29-20(28)27-16(13-9-10-13)11-17(26-27)24-19-15(22)12-23-18(25-19)14-7-5-4-6-8-14;1-26-11-5-8-16-13-21-19(15-6-3-2-4-7-15)23-20(16)22-18-12-17(24-25-18)14-9-10-14;1-9(2)10(3,4)14-11(13-9)7-6-8-12-5/h4-8,11-13H,9-10H2,1-3H3,(H,23,24,25,26);2-8,12-14H,9-11H2,1H3,(H2,21,22,23,24,25);6-7H,8H2,1-5H3/b;8-5+;7-6+. The Hall–Kier alpha value is -5.80. The molecule has 2 aliphatic carbocycles. The summed E-state index contributed by atoms with van der Waals surface area (Å²) < 4.78 is 29.2. The van der Waals surface area contributed by atoms with Gasteiger partial charge in [-0.3, -0.25) is 5.10 Å². The number of H-pyrrole nitrogens is 1. The smallest absolute Gasteiger partial charge is 0.442 e. The monoisotopic (exact) mass is 1050 g/mol. The summed E-state index contributed by atoms with van der Waals surface area (Å²) in [4.78, 5) is 30.9. The van der Waals surface area contributed by atoms with Crippen molar-refractivity contribution in [3.63, 3.8) is 0 Å². The van der Waals surface area contributed by atoms with Gasteiger partial charge in [-0.15, -0.1) is 5.10 Å². The molecule has 0 unspecified atom stereocenters. The van der Waals surface area contributed by atoms with Crippen molar-refractivity contribution in [2.75, 3.05) is 38.1 Å². The Morgan fingerprint density at radius 2 is 1.38 bits per heavy atom. The third-order valence-electron chi connectivity index (χ3n) is 11.4. The number of nitrogens with zero attached hydrogens (tertiary/aromatic N) is 7. The van der Waals surface area contributed by atoms with E-state index in [1.165, 1.54) is 23.2 Å². The van der Waals surface area contributed by atoms with Crippen LogP contribution in [0.4, 0.5) is 28.1 Å². The van der Waals surface area contributed by atoms with E-state index in [0.717, 1.165) is 50.4 Å². The summed E-state index contributed by atoms with van der Waals surface area (Å²) in [7, 11) is 3.08. The highest BCUT2D eigenvalue weighted by Crippen LogP contribution is 2.42. The first kappa shape index (κ1) is 51.1. The van der Waals surface area contributed by atoms with Crippen molar-refractivity contribution in [3.8, 4) is 22.8 Å². The van der Waals surface area contributed by atoms with Crippen LogP contribution in [-0.4, -0.2) is 97.4 Å². The van der Waals surface area contributed by atoms with E-state index < -0.39 is 11.7 Å². The van der Waals surface area contributed by atoms with E-state index in [4.69, 9.17) is 28.5 Å². The second-order valence-corrected chi connectivity index (χ2v) is 20.0. The number of benzene rings is 2. The van der Waals surface area contributed by atoms with Gasteiger partial charge in [0.2, 0.25) is 0 Å². The minimum atomic E-state index is -0.579. The Morgan fingerprint density at radius 1 is 0.812 bits per heavy atom. The van der Waals surface area contributed by atoms with Crippen LogP contribution >= 0.6 is 22.6 Å². The molecule has 3 aliphatic rings. The summed E-state index contributed by atoms with van der Waals surface area (Å²) in [5.41, 5.74) is 3.76. The van der Waals surface area contributed by atoms with E-state index in [1.807, 2.05) is 146 Å². The van der Waals surface area contributed by atoms with Crippen molar-refractivity contribution in [2.45, 2.75) is 103 Å². The van der Waals surface area contributed by atoms with Gasteiger partial charge < -0.3 is 34.2 Å². The molecule has 2 aromatic carbocycles. The number of aromatic nitrogens is 8. The lowest BCUT2D eigenvalue weighted by molar-refractivity contribution is 0.00578. The molecule has 3 fully saturated rings. The summed E-state index contributed by atoms with van der Waals surface area (Å²) in [6.45, 7) is 14.8. The van der Waals surface area contributed by atoms with E-state index in [9.17, 15) is 4.79 Å². The SMILES string of the molecule is CC(C)(C)OC(=O)n1nc(Nc2nc(-c3ccccc3)ncc2I)cc1C1CC1.COC/C=C/B1OC(C)(C)C(C)(C)O1.COC/C=C/c1cnc(-c2ccccc2)nc1Nc1cc(C2CC2)[nH]n1. The van der Waals surface area contributed by atoms with Crippen molar-refractivity contribution < 1.29 is 28.3 Å². The van der Waals surface area contributed by atoms with Gasteiger partial charge in [-0.05, 0) is 96.7 Å². The van der Waals surface area contributed by atoms with Gasteiger partial charge in [-0.1, -0.05) is 84.9 Å². The highest BCUT2D eigenvalue weighted by molar-refractivity contribution is 14.1. The number of methoxy groups -OCH3 is 2. The molecule has 18 heteroatoms.